The number of para-hydroxylation sites is 1. The number of aromatic nitrogens is 2. The summed E-state index contributed by atoms with van der Waals surface area (Å²) in [5.74, 6) is 0.0687. The van der Waals surface area contributed by atoms with Gasteiger partial charge < -0.3 is 10.2 Å². The number of rotatable bonds is 4. The van der Waals surface area contributed by atoms with E-state index >= 15 is 0 Å². The fraction of sp³-hybridized carbons (Fsp3) is 0.125. The van der Waals surface area contributed by atoms with Crippen LogP contribution in [0.2, 0.25) is 0 Å². The summed E-state index contributed by atoms with van der Waals surface area (Å²) in [5.41, 5.74) is 3.20. The van der Waals surface area contributed by atoms with Crippen molar-refractivity contribution in [3.05, 3.63) is 89.2 Å². The molecule has 6 heteroatoms. The number of anilines is 2. The number of fused-ring (bicyclic) bond motifs is 1. The predicted molar refractivity (Wildman–Crippen MR) is 119 cm³/mol. The fourth-order valence-electron chi connectivity index (χ4n) is 3.94. The van der Waals surface area contributed by atoms with E-state index in [1.807, 2.05) is 77.7 Å². The lowest BCUT2D eigenvalue weighted by Gasteiger charge is -2.18. The fourth-order valence-corrected chi connectivity index (χ4v) is 3.94. The molecule has 1 aliphatic heterocycles. The molecule has 1 unspecified atom stereocenters. The van der Waals surface area contributed by atoms with Gasteiger partial charge in [0.05, 0.1) is 11.1 Å². The summed E-state index contributed by atoms with van der Waals surface area (Å²) in [6, 6.07) is 24.7. The van der Waals surface area contributed by atoms with Crippen LogP contribution in [-0.4, -0.2) is 28.7 Å². The highest BCUT2D eigenvalue weighted by Gasteiger charge is 2.32. The van der Waals surface area contributed by atoms with E-state index in [0.29, 0.717) is 17.6 Å². The average Bonchev–Trinajstić information content (AvgIpc) is 3.15. The Morgan fingerprint density at radius 3 is 2.33 bits per heavy atom. The highest BCUT2D eigenvalue weighted by molar-refractivity contribution is 6.01. The van der Waals surface area contributed by atoms with Gasteiger partial charge in [0.1, 0.15) is 6.04 Å². The Balaban J connectivity index is 1.39. The second-order valence-corrected chi connectivity index (χ2v) is 7.34. The van der Waals surface area contributed by atoms with Gasteiger partial charge in [-0.05, 0) is 36.8 Å². The number of carbonyl (C=O) groups is 1. The zero-order valence-electron chi connectivity index (χ0n) is 16.2. The number of carbonyl (C=O) groups excluding carboxylic acids is 1. The van der Waals surface area contributed by atoms with Crippen LogP contribution in [0.4, 0.5) is 11.4 Å². The molecule has 2 N–H and O–H groups in total. The van der Waals surface area contributed by atoms with Gasteiger partial charge in [0.15, 0.2) is 0 Å². The summed E-state index contributed by atoms with van der Waals surface area (Å²) in [4.78, 5) is 26.7. The topological polar surface area (TPSA) is 78.1 Å². The lowest BCUT2D eigenvalue weighted by Crippen LogP contribution is -2.33. The first-order chi connectivity index (χ1) is 14.7. The third-order valence-electron chi connectivity index (χ3n) is 5.47. The molecule has 1 aliphatic rings. The summed E-state index contributed by atoms with van der Waals surface area (Å²) in [5, 5.41) is 11.5. The number of aromatic amines is 1. The Labute approximate surface area is 173 Å². The van der Waals surface area contributed by atoms with E-state index in [1.165, 1.54) is 0 Å². The van der Waals surface area contributed by atoms with E-state index in [2.05, 4.69) is 15.5 Å². The standard InChI is InChI=1S/C24H20N4O2/c29-23-20-9-5-4-8-19(20)22(26-27-23)16-10-12-18(13-11-16)28-15-14-21(24(28)30)25-17-6-2-1-3-7-17/h1-13,21,25H,14-15H2,(H,27,29). The van der Waals surface area contributed by atoms with Gasteiger partial charge in [-0.15, -0.1) is 0 Å². The van der Waals surface area contributed by atoms with Gasteiger partial charge in [-0.25, -0.2) is 5.10 Å². The number of hydrogen-bond acceptors (Lipinski definition) is 4. The molecule has 4 aromatic rings. The van der Waals surface area contributed by atoms with Crippen molar-refractivity contribution >= 4 is 28.1 Å². The Kier molecular flexibility index (Phi) is 4.52. The Morgan fingerprint density at radius 1 is 0.867 bits per heavy atom. The van der Waals surface area contributed by atoms with Crippen LogP contribution in [0, 0.1) is 0 Å². The zero-order valence-corrected chi connectivity index (χ0v) is 16.2. The molecule has 6 nitrogen and oxygen atoms in total. The quantitative estimate of drug-likeness (QED) is 0.550. The molecule has 1 fully saturated rings. The number of nitrogens with one attached hydrogen (secondary N) is 2. The van der Waals surface area contributed by atoms with Gasteiger partial charge in [0.25, 0.3) is 5.56 Å². The van der Waals surface area contributed by atoms with Crippen LogP contribution in [0.5, 0.6) is 0 Å². The molecule has 1 amide bonds. The molecular formula is C24H20N4O2. The average molecular weight is 396 g/mol. The third kappa shape index (κ3) is 3.22. The monoisotopic (exact) mass is 396 g/mol. The van der Waals surface area contributed by atoms with Gasteiger partial charge in [-0.2, -0.15) is 5.10 Å². The van der Waals surface area contributed by atoms with Crippen LogP contribution in [0.25, 0.3) is 22.0 Å². The smallest absolute Gasteiger partial charge is 0.272 e. The molecule has 0 saturated carbocycles. The van der Waals surface area contributed by atoms with Crippen molar-refractivity contribution in [3.8, 4) is 11.3 Å². The second-order valence-electron chi connectivity index (χ2n) is 7.34. The van der Waals surface area contributed by atoms with Crippen LogP contribution >= 0.6 is 0 Å². The van der Waals surface area contributed by atoms with Crippen LogP contribution < -0.4 is 15.8 Å². The molecule has 3 aromatic carbocycles. The molecule has 2 heterocycles. The molecule has 148 valence electrons. The van der Waals surface area contributed by atoms with Crippen molar-refractivity contribution in [1.29, 1.82) is 0 Å². The number of H-pyrrole nitrogens is 1. The number of hydrogen-bond donors (Lipinski definition) is 2. The van der Waals surface area contributed by atoms with E-state index in [1.54, 1.807) is 6.07 Å². The molecule has 0 bridgehead atoms. The molecular weight excluding hydrogens is 376 g/mol. The summed E-state index contributed by atoms with van der Waals surface area (Å²) in [7, 11) is 0. The Morgan fingerprint density at radius 2 is 1.57 bits per heavy atom. The van der Waals surface area contributed by atoms with Crippen molar-refractivity contribution in [2.75, 3.05) is 16.8 Å². The van der Waals surface area contributed by atoms with E-state index < -0.39 is 0 Å². The summed E-state index contributed by atoms with van der Waals surface area (Å²) >= 11 is 0. The molecule has 1 atom stereocenters. The van der Waals surface area contributed by atoms with Gasteiger partial charge in [-0.1, -0.05) is 48.5 Å². The molecule has 1 saturated heterocycles. The van der Waals surface area contributed by atoms with Crippen molar-refractivity contribution in [1.82, 2.24) is 10.2 Å². The van der Waals surface area contributed by atoms with Crippen LogP contribution in [0.15, 0.2) is 83.7 Å². The molecule has 30 heavy (non-hydrogen) atoms. The van der Waals surface area contributed by atoms with Gasteiger partial charge in [0.2, 0.25) is 5.91 Å². The number of nitrogens with zero attached hydrogens (tertiary/aromatic N) is 2. The van der Waals surface area contributed by atoms with E-state index in [4.69, 9.17) is 0 Å². The number of amides is 1. The van der Waals surface area contributed by atoms with E-state index in [0.717, 1.165) is 28.7 Å². The Hall–Kier alpha value is -3.93. The first-order valence-corrected chi connectivity index (χ1v) is 9.91. The minimum Gasteiger partial charge on any atom is -0.374 e. The molecule has 1 aromatic heterocycles. The summed E-state index contributed by atoms with van der Waals surface area (Å²) in [6.45, 7) is 0.669. The third-order valence-corrected chi connectivity index (χ3v) is 5.47. The van der Waals surface area contributed by atoms with Crippen molar-refractivity contribution < 1.29 is 4.79 Å². The van der Waals surface area contributed by atoms with Crippen LogP contribution in [-0.2, 0) is 4.79 Å². The van der Waals surface area contributed by atoms with Crippen molar-refractivity contribution in [2.45, 2.75) is 12.5 Å². The largest absolute Gasteiger partial charge is 0.374 e. The molecule has 5 rings (SSSR count). The molecule has 0 aliphatic carbocycles. The van der Waals surface area contributed by atoms with Gasteiger partial charge >= 0.3 is 0 Å². The van der Waals surface area contributed by atoms with E-state index in [9.17, 15) is 9.59 Å². The second kappa shape index (κ2) is 7.48. The molecule has 0 spiro atoms. The Bertz CT molecular complexity index is 1270. The van der Waals surface area contributed by atoms with Gasteiger partial charge in [0, 0.05) is 28.9 Å². The minimum atomic E-state index is -0.225. The molecule has 0 radical (unpaired) electrons. The van der Waals surface area contributed by atoms with Crippen molar-refractivity contribution in [2.24, 2.45) is 0 Å². The first kappa shape index (κ1) is 18.1. The van der Waals surface area contributed by atoms with Crippen LogP contribution in [0.3, 0.4) is 0 Å². The van der Waals surface area contributed by atoms with Crippen LogP contribution in [0.1, 0.15) is 6.42 Å². The summed E-state index contributed by atoms with van der Waals surface area (Å²) in [6.07, 6.45) is 0.752. The summed E-state index contributed by atoms with van der Waals surface area (Å²) < 4.78 is 0. The lowest BCUT2D eigenvalue weighted by atomic mass is 10.0. The SMILES string of the molecule is O=C1C(Nc2ccccc2)CCN1c1ccc(-c2n[nH]c(=O)c3ccccc23)cc1. The maximum Gasteiger partial charge on any atom is 0.272 e. The maximum atomic E-state index is 12.9. The first-order valence-electron chi connectivity index (χ1n) is 9.91. The minimum absolute atomic E-state index is 0.0687. The highest BCUT2D eigenvalue weighted by Crippen LogP contribution is 2.28. The highest BCUT2D eigenvalue weighted by atomic mass is 16.2. The van der Waals surface area contributed by atoms with Crippen molar-refractivity contribution in [3.63, 3.8) is 0 Å². The lowest BCUT2D eigenvalue weighted by molar-refractivity contribution is -0.117. The predicted octanol–water partition coefficient (Wildman–Crippen LogP) is 3.81. The normalized spacial score (nSPS) is 16.2. The zero-order chi connectivity index (χ0) is 20.5. The van der Waals surface area contributed by atoms with Gasteiger partial charge in [-0.3, -0.25) is 9.59 Å². The number of benzene rings is 3. The van der Waals surface area contributed by atoms with E-state index in [-0.39, 0.29) is 17.5 Å². The maximum absolute atomic E-state index is 12.9.